The molecule has 0 saturated carbocycles. The minimum absolute atomic E-state index is 0.408. The Morgan fingerprint density at radius 2 is 2.21 bits per heavy atom. The van der Waals surface area contributed by atoms with Gasteiger partial charge in [0.1, 0.15) is 10.8 Å². The average molecular weight is 280 g/mol. The van der Waals surface area contributed by atoms with Gasteiger partial charge in [-0.15, -0.1) is 0 Å². The van der Waals surface area contributed by atoms with Crippen molar-refractivity contribution in [3.05, 3.63) is 23.4 Å². The Hall–Kier alpha value is -1.20. The van der Waals surface area contributed by atoms with Crippen molar-refractivity contribution >= 4 is 23.0 Å². The number of nitrogens with two attached hydrogens (primary N) is 1. The molecule has 5 heteroatoms. The Bertz CT molecular complexity index is 433. The lowest BCUT2D eigenvalue weighted by molar-refractivity contribution is 0.261. The molecule has 1 atom stereocenters. The SMILES string of the molecule is CCC(C)N(C)CCNc1cc(C(N)=S)cc(C)n1. The number of nitrogens with zero attached hydrogens (tertiary/aromatic N) is 2. The molecule has 0 bridgehead atoms. The second-order valence-corrected chi connectivity index (χ2v) is 5.35. The molecule has 0 amide bonds. The predicted octanol–water partition coefficient (Wildman–Crippen LogP) is 2.17. The standard InChI is InChI=1S/C14H24N4S/c1-5-11(3)18(4)7-6-16-13-9-12(14(15)19)8-10(2)17-13/h8-9,11H,5-7H2,1-4H3,(H2,15,19)(H,16,17). The van der Waals surface area contributed by atoms with Gasteiger partial charge >= 0.3 is 0 Å². The van der Waals surface area contributed by atoms with Gasteiger partial charge in [0.25, 0.3) is 0 Å². The fourth-order valence-corrected chi connectivity index (χ4v) is 1.91. The molecule has 0 radical (unpaired) electrons. The maximum atomic E-state index is 5.65. The summed E-state index contributed by atoms with van der Waals surface area (Å²) in [4.78, 5) is 7.17. The van der Waals surface area contributed by atoms with E-state index in [-0.39, 0.29) is 0 Å². The third-order valence-corrected chi connectivity index (χ3v) is 3.59. The highest BCUT2D eigenvalue weighted by Crippen LogP contribution is 2.10. The van der Waals surface area contributed by atoms with Gasteiger partial charge in [-0.2, -0.15) is 0 Å². The monoisotopic (exact) mass is 280 g/mol. The summed E-state index contributed by atoms with van der Waals surface area (Å²) in [5.74, 6) is 0.834. The number of thiocarbonyl (C=S) groups is 1. The molecule has 1 aromatic rings. The highest BCUT2D eigenvalue weighted by atomic mass is 32.1. The summed E-state index contributed by atoms with van der Waals surface area (Å²) in [5, 5.41) is 3.32. The van der Waals surface area contributed by atoms with Crippen molar-refractivity contribution in [1.82, 2.24) is 9.88 Å². The summed E-state index contributed by atoms with van der Waals surface area (Å²) in [6.45, 7) is 8.21. The van der Waals surface area contributed by atoms with Crippen LogP contribution < -0.4 is 11.1 Å². The van der Waals surface area contributed by atoms with Crippen LogP contribution in [0, 0.1) is 6.92 Å². The highest BCUT2D eigenvalue weighted by molar-refractivity contribution is 7.80. The number of pyridine rings is 1. The zero-order chi connectivity index (χ0) is 14.4. The second kappa shape index (κ2) is 7.40. The minimum Gasteiger partial charge on any atom is -0.389 e. The van der Waals surface area contributed by atoms with E-state index in [9.17, 15) is 0 Å². The summed E-state index contributed by atoms with van der Waals surface area (Å²) >= 11 is 5.00. The van der Waals surface area contributed by atoms with E-state index in [2.05, 4.69) is 36.1 Å². The van der Waals surface area contributed by atoms with Crippen molar-refractivity contribution in [3.8, 4) is 0 Å². The van der Waals surface area contributed by atoms with E-state index in [1.54, 1.807) is 0 Å². The van der Waals surface area contributed by atoms with Crippen LogP contribution in [-0.2, 0) is 0 Å². The van der Waals surface area contributed by atoms with Gasteiger partial charge in [0.2, 0.25) is 0 Å². The van der Waals surface area contributed by atoms with Gasteiger partial charge in [-0.3, -0.25) is 0 Å². The summed E-state index contributed by atoms with van der Waals surface area (Å²) < 4.78 is 0. The minimum atomic E-state index is 0.408. The zero-order valence-electron chi connectivity index (χ0n) is 12.2. The molecule has 0 aliphatic carbocycles. The lowest BCUT2D eigenvalue weighted by Crippen LogP contribution is -2.32. The lowest BCUT2D eigenvalue weighted by atomic mass is 10.2. The van der Waals surface area contributed by atoms with Crippen LogP contribution in [0.4, 0.5) is 5.82 Å². The van der Waals surface area contributed by atoms with Crippen LogP contribution in [0.15, 0.2) is 12.1 Å². The van der Waals surface area contributed by atoms with Crippen molar-refractivity contribution in [3.63, 3.8) is 0 Å². The fourth-order valence-electron chi connectivity index (χ4n) is 1.79. The first kappa shape index (κ1) is 15.9. The third-order valence-electron chi connectivity index (χ3n) is 3.35. The van der Waals surface area contributed by atoms with Crippen LogP contribution >= 0.6 is 12.2 Å². The van der Waals surface area contributed by atoms with Crippen molar-refractivity contribution in [2.75, 3.05) is 25.5 Å². The van der Waals surface area contributed by atoms with Gasteiger partial charge in [0.15, 0.2) is 0 Å². The molecular weight excluding hydrogens is 256 g/mol. The molecule has 0 spiro atoms. The van der Waals surface area contributed by atoms with Crippen molar-refractivity contribution in [2.24, 2.45) is 5.73 Å². The average Bonchev–Trinajstić information content (AvgIpc) is 2.36. The smallest absolute Gasteiger partial charge is 0.126 e. The van der Waals surface area contributed by atoms with E-state index < -0.39 is 0 Å². The van der Waals surface area contributed by atoms with Crippen LogP contribution in [0.25, 0.3) is 0 Å². The number of hydrogen-bond acceptors (Lipinski definition) is 4. The van der Waals surface area contributed by atoms with Crippen molar-refractivity contribution in [1.29, 1.82) is 0 Å². The number of aromatic nitrogens is 1. The predicted molar refractivity (Wildman–Crippen MR) is 85.7 cm³/mol. The van der Waals surface area contributed by atoms with E-state index >= 15 is 0 Å². The molecule has 3 N–H and O–H groups in total. The van der Waals surface area contributed by atoms with E-state index in [1.807, 2.05) is 19.1 Å². The summed E-state index contributed by atoms with van der Waals surface area (Å²) in [6, 6.07) is 4.40. The maximum Gasteiger partial charge on any atom is 0.126 e. The maximum absolute atomic E-state index is 5.65. The molecule has 1 rings (SSSR count). The molecule has 0 aromatic carbocycles. The molecule has 1 aromatic heterocycles. The number of likely N-dealkylation sites (N-methyl/N-ethyl adjacent to an activating group) is 1. The third kappa shape index (κ3) is 5.12. The molecule has 0 aliphatic rings. The van der Waals surface area contributed by atoms with E-state index in [0.717, 1.165) is 36.6 Å². The number of rotatable bonds is 7. The first-order valence-electron chi connectivity index (χ1n) is 6.66. The van der Waals surface area contributed by atoms with Gasteiger partial charge in [0, 0.05) is 30.4 Å². The Morgan fingerprint density at radius 3 is 2.79 bits per heavy atom. The van der Waals surface area contributed by atoms with Crippen LogP contribution in [0.2, 0.25) is 0 Å². The first-order chi connectivity index (χ1) is 8.93. The molecule has 19 heavy (non-hydrogen) atoms. The van der Waals surface area contributed by atoms with E-state index in [1.165, 1.54) is 0 Å². The lowest BCUT2D eigenvalue weighted by Gasteiger charge is -2.23. The molecule has 0 fully saturated rings. The topological polar surface area (TPSA) is 54.2 Å². The number of hydrogen-bond donors (Lipinski definition) is 2. The quantitative estimate of drug-likeness (QED) is 0.750. The van der Waals surface area contributed by atoms with Crippen LogP contribution in [0.3, 0.4) is 0 Å². The van der Waals surface area contributed by atoms with Crippen molar-refractivity contribution in [2.45, 2.75) is 33.2 Å². The zero-order valence-corrected chi connectivity index (χ0v) is 13.0. The number of anilines is 1. The van der Waals surface area contributed by atoms with E-state index in [0.29, 0.717) is 11.0 Å². The normalized spacial score (nSPS) is 12.5. The van der Waals surface area contributed by atoms with Crippen LogP contribution in [0.5, 0.6) is 0 Å². The molecular formula is C14H24N4S. The van der Waals surface area contributed by atoms with Gasteiger partial charge < -0.3 is 16.0 Å². The molecule has 0 aliphatic heterocycles. The fraction of sp³-hybridized carbons (Fsp3) is 0.571. The highest BCUT2D eigenvalue weighted by Gasteiger charge is 2.06. The van der Waals surface area contributed by atoms with Gasteiger partial charge in [-0.25, -0.2) is 4.98 Å². The first-order valence-corrected chi connectivity index (χ1v) is 7.07. The molecule has 1 heterocycles. The Kier molecular flexibility index (Phi) is 6.18. The van der Waals surface area contributed by atoms with Crippen molar-refractivity contribution < 1.29 is 0 Å². The van der Waals surface area contributed by atoms with Crippen LogP contribution in [0.1, 0.15) is 31.5 Å². The molecule has 1 unspecified atom stereocenters. The molecule has 106 valence electrons. The Balaban J connectivity index is 2.56. The summed E-state index contributed by atoms with van der Waals surface area (Å²) in [5.41, 5.74) is 7.43. The van der Waals surface area contributed by atoms with Gasteiger partial charge in [-0.05, 0) is 39.4 Å². The summed E-state index contributed by atoms with van der Waals surface area (Å²) in [6.07, 6.45) is 1.16. The summed E-state index contributed by atoms with van der Waals surface area (Å²) in [7, 11) is 2.14. The molecule has 0 saturated heterocycles. The molecule has 4 nitrogen and oxygen atoms in total. The number of aryl methyl sites for hydroxylation is 1. The van der Waals surface area contributed by atoms with Gasteiger partial charge in [0.05, 0.1) is 0 Å². The van der Waals surface area contributed by atoms with Gasteiger partial charge in [-0.1, -0.05) is 19.1 Å². The Labute approximate surface area is 121 Å². The number of nitrogens with one attached hydrogen (secondary N) is 1. The van der Waals surface area contributed by atoms with E-state index in [4.69, 9.17) is 18.0 Å². The van der Waals surface area contributed by atoms with Crippen LogP contribution in [-0.4, -0.2) is 41.1 Å². The second-order valence-electron chi connectivity index (χ2n) is 4.91. The Morgan fingerprint density at radius 1 is 1.53 bits per heavy atom. The largest absolute Gasteiger partial charge is 0.389 e.